The van der Waals surface area contributed by atoms with E-state index < -0.39 is 0 Å². The van der Waals surface area contributed by atoms with E-state index in [2.05, 4.69) is 16.7 Å². The van der Waals surface area contributed by atoms with Crippen molar-refractivity contribution in [3.05, 3.63) is 23.8 Å². The Bertz CT molecular complexity index is 543. The highest BCUT2D eigenvalue weighted by atomic mass is 16.5. The molecular weight excluding hydrogens is 254 g/mol. The Balaban J connectivity index is 2.21. The summed E-state index contributed by atoms with van der Waals surface area (Å²) in [5.41, 5.74) is 0.766. The van der Waals surface area contributed by atoms with Crippen molar-refractivity contribution < 1.29 is 9.53 Å². The highest BCUT2D eigenvalue weighted by Gasteiger charge is 2.39. The molecule has 0 aromatic heterocycles. The van der Waals surface area contributed by atoms with Crippen LogP contribution in [0.1, 0.15) is 25.3 Å². The highest BCUT2D eigenvalue weighted by Crippen LogP contribution is 2.33. The number of amides is 1. The number of nitriles is 1. The number of rotatable bonds is 4. The van der Waals surface area contributed by atoms with Crippen molar-refractivity contribution in [3.8, 4) is 11.8 Å². The molecule has 0 spiro atoms. The molecule has 1 unspecified atom stereocenters. The molecule has 5 nitrogen and oxygen atoms in total. The second-order valence-electron chi connectivity index (χ2n) is 5.04. The summed E-state index contributed by atoms with van der Waals surface area (Å²) in [6.45, 7) is 3.60. The summed E-state index contributed by atoms with van der Waals surface area (Å²) >= 11 is 0. The van der Waals surface area contributed by atoms with Gasteiger partial charge in [-0.25, -0.2) is 0 Å². The van der Waals surface area contributed by atoms with E-state index in [-0.39, 0.29) is 11.3 Å². The van der Waals surface area contributed by atoms with Gasteiger partial charge in [0.2, 0.25) is 5.91 Å². The van der Waals surface area contributed by atoms with Gasteiger partial charge in [-0.2, -0.15) is 5.26 Å². The maximum absolute atomic E-state index is 12.5. The number of nitrogens with one attached hydrogen (secondary N) is 2. The highest BCUT2D eigenvalue weighted by molar-refractivity contribution is 5.97. The van der Waals surface area contributed by atoms with Gasteiger partial charge >= 0.3 is 0 Å². The summed E-state index contributed by atoms with van der Waals surface area (Å²) in [6.07, 6.45) is 1.64. The second-order valence-corrected chi connectivity index (χ2v) is 5.04. The third-order valence-corrected chi connectivity index (χ3v) is 3.98. The Morgan fingerprint density at radius 1 is 1.60 bits per heavy atom. The number of benzene rings is 1. The zero-order valence-corrected chi connectivity index (χ0v) is 11.8. The van der Waals surface area contributed by atoms with Crippen molar-refractivity contribution in [1.29, 1.82) is 5.26 Å². The number of nitrogens with zero attached hydrogens (tertiary/aromatic N) is 1. The van der Waals surface area contributed by atoms with E-state index in [4.69, 9.17) is 10.00 Å². The number of ether oxygens (including phenoxy) is 1. The van der Waals surface area contributed by atoms with Gasteiger partial charge in [0.1, 0.15) is 5.75 Å². The monoisotopic (exact) mass is 273 g/mol. The van der Waals surface area contributed by atoms with Crippen molar-refractivity contribution in [3.63, 3.8) is 0 Å². The smallest absolute Gasteiger partial charge is 0.232 e. The molecule has 1 saturated heterocycles. The first-order valence-corrected chi connectivity index (χ1v) is 6.75. The Morgan fingerprint density at radius 2 is 2.40 bits per heavy atom. The molecule has 0 aliphatic carbocycles. The van der Waals surface area contributed by atoms with Gasteiger partial charge in [0.05, 0.1) is 29.8 Å². The van der Waals surface area contributed by atoms with Crippen LogP contribution >= 0.6 is 0 Å². The molecule has 1 aliphatic heterocycles. The van der Waals surface area contributed by atoms with Gasteiger partial charge < -0.3 is 15.4 Å². The van der Waals surface area contributed by atoms with Crippen LogP contribution < -0.4 is 15.4 Å². The molecule has 2 rings (SSSR count). The Labute approximate surface area is 118 Å². The van der Waals surface area contributed by atoms with Crippen LogP contribution in [-0.2, 0) is 4.79 Å². The Hall–Kier alpha value is -2.06. The minimum atomic E-state index is -0.348. The molecule has 1 fully saturated rings. The van der Waals surface area contributed by atoms with E-state index in [0.29, 0.717) is 23.5 Å². The number of methoxy groups -OCH3 is 1. The fourth-order valence-corrected chi connectivity index (χ4v) is 2.52. The minimum absolute atomic E-state index is 0.00741. The van der Waals surface area contributed by atoms with E-state index in [1.165, 1.54) is 7.11 Å². The summed E-state index contributed by atoms with van der Waals surface area (Å²) in [4.78, 5) is 12.5. The van der Waals surface area contributed by atoms with E-state index in [9.17, 15) is 4.79 Å². The van der Waals surface area contributed by atoms with Crippen molar-refractivity contribution in [1.82, 2.24) is 5.32 Å². The molecular formula is C15H19N3O2. The summed E-state index contributed by atoms with van der Waals surface area (Å²) in [6, 6.07) is 7.06. The number of anilines is 1. The molecule has 106 valence electrons. The molecule has 5 heteroatoms. The van der Waals surface area contributed by atoms with Crippen LogP contribution in [0.2, 0.25) is 0 Å². The number of hydrogen-bond donors (Lipinski definition) is 2. The fraction of sp³-hybridized carbons (Fsp3) is 0.467. The lowest BCUT2D eigenvalue weighted by atomic mass is 9.83. The maximum Gasteiger partial charge on any atom is 0.232 e. The quantitative estimate of drug-likeness (QED) is 0.878. The molecule has 1 aromatic carbocycles. The molecule has 1 atom stereocenters. The molecule has 0 saturated carbocycles. The van der Waals surface area contributed by atoms with Gasteiger partial charge in [-0.3, -0.25) is 4.79 Å². The van der Waals surface area contributed by atoms with Crippen molar-refractivity contribution in [2.24, 2.45) is 5.41 Å². The van der Waals surface area contributed by atoms with E-state index >= 15 is 0 Å². The van der Waals surface area contributed by atoms with Crippen LogP contribution in [0.5, 0.6) is 5.75 Å². The first-order valence-electron chi connectivity index (χ1n) is 6.75. The van der Waals surface area contributed by atoms with Gasteiger partial charge in [0.15, 0.2) is 0 Å². The van der Waals surface area contributed by atoms with Crippen molar-refractivity contribution >= 4 is 11.6 Å². The molecule has 1 heterocycles. The molecule has 0 radical (unpaired) electrons. The lowest BCUT2D eigenvalue weighted by Crippen LogP contribution is -2.37. The summed E-state index contributed by atoms with van der Waals surface area (Å²) in [7, 11) is 1.53. The van der Waals surface area contributed by atoms with Gasteiger partial charge in [-0.1, -0.05) is 6.92 Å². The predicted molar refractivity (Wildman–Crippen MR) is 76.5 cm³/mol. The number of hydrogen-bond acceptors (Lipinski definition) is 4. The Kier molecular flexibility index (Phi) is 4.26. The third-order valence-electron chi connectivity index (χ3n) is 3.98. The average molecular weight is 273 g/mol. The first kappa shape index (κ1) is 14.4. The summed E-state index contributed by atoms with van der Waals surface area (Å²) in [5, 5.41) is 15.1. The normalized spacial score (nSPS) is 21.2. The lowest BCUT2D eigenvalue weighted by molar-refractivity contribution is -0.124. The van der Waals surface area contributed by atoms with Gasteiger partial charge in [0, 0.05) is 12.6 Å². The second kappa shape index (κ2) is 5.93. The van der Waals surface area contributed by atoms with Gasteiger partial charge in [0.25, 0.3) is 0 Å². The maximum atomic E-state index is 12.5. The summed E-state index contributed by atoms with van der Waals surface area (Å²) < 4.78 is 5.24. The molecule has 20 heavy (non-hydrogen) atoms. The topological polar surface area (TPSA) is 74.2 Å². The van der Waals surface area contributed by atoms with Crippen LogP contribution in [0.15, 0.2) is 18.2 Å². The molecule has 1 amide bonds. The van der Waals surface area contributed by atoms with Crippen LogP contribution in [0.25, 0.3) is 0 Å². The fourth-order valence-electron chi connectivity index (χ4n) is 2.52. The first-order chi connectivity index (χ1) is 9.65. The zero-order chi connectivity index (χ0) is 14.6. The molecule has 2 N–H and O–H groups in total. The average Bonchev–Trinajstić information content (AvgIpc) is 2.97. The van der Waals surface area contributed by atoms with Crippen LogP contribution in [0.4, 0.5) is 5.69 Å². The van der Waals surface area contributed by atoms with E-state index in [0.717, 1.165) is 19.4 Å². The zero-order valence-electron chi connectivity index (χ0n) is 11.8. The number of carbonyl (C=O) groups is 1. The van der Waals surface area contributed by atoms with Crippen LogP contribution in [0.3, 0.4) is 0 Å². The van der Waals surface area contributed by atoms with Crippen LogP contribution in [-0.4, -0.2) is 26.1 Å². The number of carbonyl (C=O) groups excluding carboxylic acids is 1. The largest absolute Gasteiger partial charge is 0.495 e. The van der Waals surface area contributed by atoms with Gasteiger partial charge in [-0.05, 0) is 31.5 Å². The molecule has 1 aromatic rings. The SMILES string of the molecule is CCC1(C(=O)Nc2ccc(C#N)cc2OC)CCNC1. The standard InChI is InChI=1S/C15H19N3O2/c1-3-15(6-7-17-10-15)14(19)18-12-5-4-11(9-16)8-13(12)20-2/h4-5,8,17H,3,6-7,10H2,1-2H3,(H,18,19). The van der Waals surface area contributed by atoms with E-state index in [1.807, 2.05) is 6.92 Å². The van der Waals surface area contributed by atoms with Gasteiger partial charge in [-0.15, -0.1) is 0 Å². The van der Waals surface area contributed by atoms with Crippen molar-refractivity contribution in [2.45, 2.75) is 19.8 Å². The Morgan fingerprint density at radius 3 is 2.95 bits per heavy atom. The lowest BCUT2D eigenvalue weighted by Gasteiger charge is -2.25. The third kappa shape index (κ3) is 2.61. The molecule has 1 aliphatic rings. The molecule has 0 bridgehead atoms. The van der Waals surface area contributed by atoms with Crippen molar-refractivity contribution in [2.75, 3.05) is 25.5 Å². The predicted octanol–water partition coefficient (Wildman–Crippen LogP) is 1.90. The van der Waals surface area contributed by atoms with E-state index in [1.54, 1.807) is 18.2 Å². The summed E-state index contributed by atoms with van der Waals surface area (Å²) in [5.74, 6) is 0.516. The minimum Gasteiger partial charge on any atom is -0.495 e. The van der Waals surface area contributed by atoms with Crippen LogP contribution in [0, 0.1) is 16.7 Å².